The SMILES string of the molecule is CCC(C)N(CC)CCC(C)(NC)C(N)=O. The molecular formula is C12H27N3O. The van der Waals surface area contributed by atoms with Crippen molar-refractivity contribution in [2.24, 2.45) is 5.73 Å². The second-order valence-electron chi connectivity index (χ2n) is 4.58. The smallest absolute Gasteiger partial charge is 0.237 e. The van der Waals surface area contributed by atoms with Gasteiger partial charge in [0.15, 0.2) is 0 Å². The van der Waals surface area contributed by atoms with E-state index in [4.69, 9.17) is 5.73 Å². The van der Waals surface area contributed by atoms with Gasteiger partial charge in [-0.3, -0.25) is 4.79 Å². The number of hydrogen-bond donors (Lipinski definition) is 2. The minimum atomic E-state index is -0.596. The molecule has 0 aromatic rings. The predicted molar refractivity (Wildman–Crippen MR) is 68.3 cm³/mol. The van der Waals surface area contributed by atoms with Crippen LogP contribution in [0.2, 0.25) is 0 Å². The predicted octanol–water partition coefficient (Wildman–Crippen LogP) is 0.960. The van der Waals surface area contributed by atoms with E-state index in [1.54, 1.807) is 7.05 Å². The van der Waals surface area contributed by atoms with Gasteiger partial charge in [0.1, 0.15) is 0 Å². The quantitative estimate of drug-likeness (QED) is 0.652. The number of hydrogen-bond acceptors (Lipinski definition) is 3. The number of nitrogens with two attached hydrogens (primary N) is 1. The van der Waals surface area contributed by atoms with Crippen molar-refractivity contribution in [3.8, 4) is 0 Å². The Kier molecular flexibility index (Phi) is 6.60. The van der Waals surface area contributed by atoms with Crippen molar-refractivity contribution in [3.63, 3.8) is 0 Å². The zero-order chi connectivity index (χ0) is 12.8. The van der Waals surface area contributed by atoms with E-state index in [-0.39, 0.29) is 5.91 Å². The molecule has 96 valence electrons. The molecule has 0 aromatic carbocycles. The van der Waals surface area contributed by atoms with Crippen molar-refractivity contribution in [2.75, 3.05) is 20.1 Å². The molecule has 3 N–H and O–H groups in total. The molecule has 0 aromatic heterocycles. The number of likely N-dealkylation sites (N-methyl/N-ethyl adjacent to an activating group) is 1. The summed E-state index contributed by atoms with van der Waals surface area (Å²) >= 11 is 0. The van der Waals surface area contributed by atoms with E-state index in [1.165, 1.54) is 0 Å². The Morgan fingerprint density at radius 1 is 1.50 bits per heavy atom. The van der Waals surface area contributed by atoms with Crippen molar-refractivity contribution in [1.82, 2.24) is 10.2 Å². The summed E-state index contributed by atoms with van der Waals surface area (Å²) in [6.07, 6.45) is 1.87. The van der Waals surface area contributed by atoms with Gasteiger partial charge in [-0.05, 0) is 40.3 Å². The summed E-state index contributed by atoms with van der Waals surface area (Å²) in [6, 6.07) is 0.555. The van der Waals surface area contributed by atoms with E-state index in [0.29, 0.717) is 6.04 Å². The summed E-state index contributed by atoms with van der Waals surface area (Å²) in [5.74, 6) is -0.282. The third-order valence-corrected chi connectivity index (χ3v) is 3.61. The topological polar surface area (TPSA) is 58.4 Å². The highest BCUT2D eigenvalue weighted by Crippen LogP contribution is 2.12. The van der Waals surface area contributed by atoms with Gasteiger partial charge in [0.25, 0.3) is 0 Å². The third kappa shape index (κ3) is 4.10. The highest BCUT2D eigenvalue weighted by atomic mass is 16.1. The van der Waals surface area contributed by atoms with Crippen LogP contribution in [-0.4, -0.2) is 42.5 Å². The normalized spacial score (nSPS) is 17.1. The number of carbonyl (C=O) groups excluding carboxylic acids is 1. The molecule has 0 aliphatic rings. The van der Waals surface area contributed by atoms with Gasteiger partial charge < -0.3 is 16.0 Å². The molecule has 0 saturated heterocycles. The highest BCUT2D eigenvalue weighted by Gasteiger charge is 2.29. The van der Waals surface area contributed by atoms with Crippen molar-refractivity contribution in [2.45, 2.75) is 52.1 Å². The van der Waals surface area contributed by atoms with E-state index in [1.807, 2.05) is 6.92 Å². The molecule has 0 radical (unpaired) electrons. The summed E-state index contributed by atoms with van der Waals surface area (Å²) in [5, 5.41) is 3.01. The molecule has 0 aliphatic carbocycles. The van der Waals surface area contributed by atoms with E-state index in [0.717, 1.165) is 25.9 Å². The molecule has 0 spiro atoms. The Morgan fingerprint density at radius 2 is 2.06 bits per heavy atom. The average Bonchev–Trinajstić information content (AvgIpc) is 2.28. The maximum atomic E-state index is 11.3. The molecule has 4 nitrogen and oxygen atoms in total. The first kappa shape index (κ1) is 15.4. The summed E-state index contributed by atoms with van der Waals surface area (Å²) in [6.45, 7) is 10.3. The van der Waals surface area contributed by atoms with Crippen molar-refractivity contribution in [3.05, 3.63) is 0 Å². The van der Waals surface area contributed by atoms with Gasteiger partial charge in [-0.2, -0.15) is 0 Å². The second-order valence-corrected chi connectivity index (χ2v) is 4.58. The molecule has 16 heavy (non-hydrogen) atoms. The van der Waals surface area contributed by atoms with Gasteiger partial charge in [0.05, 0.1) is 5.54 Å². The van der Waals surface area contributed by atoms with Crippen LogP contribution in [0.5, 0.6) is 0 Å². The first-order valence-electron chi connectivity index (χ1n) is 6.14. The van der Waals surface area contributed by atoms with Crippen molar-refractivity contribution < 1.29 is 4.79 Å². The Balaban J connectivity index is 4.34. The van der Waals surface area contributed by atoms with Crippen LogP contribution in [0.15, 0.2) is 0 Å². The van der Waals surface area contributed by atoms with Gasteiger partial charge >= 0.3 is 0 Å². The number of rotatable bonds is 8. The van der Waals surface area contributed by atoms with Crippen LogP contribution in [0.1, 0.15) is 40.5 Å². The van der Waals surface area contributed by atoms with Crippen LogP contribution < -0.4 is 11.1 Å². The van der Waals surface area contributed by atoms with Crippen LogP contribution >= 0.6 is 0 Å². The lowest BCUT2D eigenvalue weighted by Crippen LogP contribution is -2.53. The summed E-state index contributed by atoms with van der Waals surface area (Å²) in [4.78, 5) is 13.7. The van der Waals surface area contributed by atoms with Gasteiger partial charge in [0, 0.05) is 12.6 Å². The molecule has 0 rings (SSSR count). The first-order valence-corrected chi connectivity index (χ1v) is 6.14. The Morgan fingerprint density at radius 3 is 2.38 bits per heavy atom. The molecule has 0 fully saturated rings. The lowest BCUT2D eigenvalue weighted by atomic mass is 9.96. The zero-order valence-electron chi connectivity index (χ0n) is 11.3. The fraction of sp³-hybridized carbons (Fsp3) is 0.917. The fourth-order valence-corrected chi connectivity index (χ4v) is 1.69. The van der Waals surface area contributed by atoms with E-state index < -0.39 is 5.54 Å². The van der Waals surface area contributed by atoms with Crippen LogP contribution in [-0.2, 0) is 4.79 Å². The number of amides is 1. The molecule has 2 atom stereocenters. The largest absolute Gasteiger partial charge is 0.368 e. The summed E-state index contributed by atoms with van der Waals surface area (Å²) in [7, 11) is 1.78. The lowest BCUT2D eigenvalue weighted by molar-refractivity contribution is -0.124. The molecule has 0 saturated carbocycles. The van der Waals surface area contributed by atoms with Gasteiger partial charge in [-0.25, -0.2) is 0 Å². The van der Waals surface area contributed by atoms with Crippen LogP contribution in [0.4, 0.5) is 0 Å². The highest BCUT2D eigenvalue weighted by molar-refractivity contribution is 5.84. The van der Waals surface area contributed by atoms with E-state index >= 15 is 0 Å². The summed E-state index contributed by atoms with van der Waals surface area (Å²) in [5.41, 5.74) is 4.80. The number of nitrogens with zero attached hydrogens (tertiary/aromatic N) is 1. The van der Waals surface area contributed by atoms with Crippen LogP contribution in [0, 0.1) is 0 Å². The first-order chi connectivity index (χ1) is 7.41. The van der Waals surface area contributed by atoms with E-state index in [2.05, 4.69) is 31.0 Å². The average molecular weight is 229 g/mol. The number of nitrogens with one attached hydrogen (secondary N) is 1. The number of carbonyl (C=O) groups is 1. The van der Waals surface area contributed by atoms with Crippen LogP contribution in [0.3, 0.4) is 0 Å². The molecular weight excluding hydrogens is 202 g/mol. The Bertz CT molecular complexity index is 220. The molecule has 2 unspecified atom stereocenters. The molecule has 0 aliphatic heterocycles. The summed E-state index contributed by atoms with van der Waals surface area (Å²) < 4.78 is 0. The van der Waals surface area contributed by atoms with Gasteiger partial charge in [-0.1, -0.05) is 13.8 Å². The maximum absolute atomic E-state index is 11.3. The zero-order valence-corrected chi connectivity index (χ0v) is 11.3. The van der Waals surface area contributed by atoms with Gasteiger partial charge in [0.2, 0.25) is 5.91 Å². The standard InChI is InChI=1S/C12H27N3O/c1-6-10(3)15(7-2)9-8-12(4,14-5)11(13)16/h10,14H,6-9H2,1-5H3,(H2,13,16). The van der Waals surface area contributed by atoms with Crippen LogP contribution in [0.25, 0.3) is 0 Å². The minimum Gasteiger partial charge on any atom is -0.368 e. The molecule has 1 amide bonds. The van der Waals surface area contributed by atoms with Crippen molar-refractivity contribution >= 4 is 5.91 Å². The van der Waals surface area contributed by atoms with E-state index in [9.17, 15) is 4.79 Å². The lowest BCUT2D eigenvalue weighted by Gasteiger charge is -2.32. The minimum absolute atomic E-state index is 0.282. The molecule has 0 bridgehead atoms. The Labute approximate surface area is 99.6 Å². The van der Waals surface area contributed by atoms with Crippen molar-refractivity contribution in [1.29, 1.82) is 0 Å². The Hall–Kier alpha value is -0.610. The monoisotopic (exact) mass is 229 g/mol. The maximum Gasteiger partial charge on any atom is 0.237 e. The molecule has 0 heterocycles. The number of primary amides is 1. The molecule has 4 heteroatoms. The second kappa shape index (κ2) is 6.86. The fourth-order valence-electron chi connectivity index (χ4n) is 1.69. The van der Waals surface area contributed by atoms with Gasteiger partial charge in [-0.15, -0.1) is 0 Å². The third-order valence-electron chi connectivity index (χ3n) is 3.61.